The fraction of sp³-hybridized carbons (Fsp3) is 0.103. The molecule has 2 amide bonds. The standard InChI is InChI=1S/C29H22N4O3S/c34-27(35)26-21(18-7-2-1-3-8-18)14-15-22(30-26)20-13-12-19-9-6-16-33(24(19)17-20)29(36)32-28-31-23-10-4-5-11-25(23)37-28/h1-5,7-8,10-15,17H,6,9,16H2,(H,34,35)(H,31,32,36). The quantitative estimate of drug-likeness (QED) is 0.283. The van der Waals surface area contributed by atoms with Gasteiger partial charge >= 0.3 is 12.0 Å². The summed E-state index contributed by atoms with van der Waals surface area (Å²) in [5, 5.41) is 13.4. The van der Waals surface area contributed by atoms with Crippen molar-refractivity contribution in [2.45, 2.75) is 12.8 Å². The Kier molecular flexibility index (Phi) is 5.86. The number of nitrogens with zero attached hydrogens (tertiary/aromatic N) is 3. The first-order chi connectivity index (χ1) is 18.1. The van der Waals surface area contributed by atoms with E-state index in [-0.39, 0.29) is 11.7 Å². The van der Waals surface area contributed by atoms with Gasteiger partial charge in [-0.2, -0.15) is 0 Å². The molecule has 1 aliphatic rings. The summed E-state index contributed by atoms with van der Waals surface area (Å²) in [7, 11) is 0. The maximum absolute atomic E-state index is 13.3. The minimum atomic E-state index is -1.09. The number of fused-ring (bicyclic) bond motifs is 2. The van der Waals surface area contributed by atoms with Crippen LogP contribution in [0, 0.1) is 0 Å². The number of thiazole rings is 1. The molecule has 0 unspecified atom stereocenters. The molecule has 0 radical (unpaired) electrons. The van der Waals surface area contributed by atoms with Crippen molar-refractivity contribution in [1.29, 1.82) is 0 Å². The number of para-hydroxylation sites is 1. The predicted octanol–water partition coefficient (Wildman–Crippen LogP) is 6.71. The predicted molar refractivity (Wildman–Crippen MR) is 146 cm³/mol. The molecule has 2 aromatic heterocycles. The number of aryl methyl sites for hydroxylation is 1. The first-order valence-corrected chi connectivity index (χ1v) is 12.8. The lowest BCUT2D eigenvalue weighted by Crippen LogP contribution is -2.38. The van der Waals surface area contributed by atoms with Crippen molar-refractivity contribution in [3.8, 4) is 22.4 Å². The largest absolute Gasteiger partial charge is 0.476 e. The molecule has 182 valence electrons. The lowest BCUT2D eigenvalue weighted by molar-refractivity contribution is 0.0691. The van der Waals surface area contributed by atoms with Crippen LogP contribution in [0.4, 0.5) is 15.6 Å². The minimum absolute atomic E-state index is 0.00754. The molecule has 8 heteroatoms. The molecule has 2 N–H and O–H groups in total. The molecular weight excluding hydrogens is 484 g/mol. The third-order valence-corrected chi connectivity index (χ3v) is 7.39. The van der Waals surface area contributed by atoms with Crippen LogP contribution in [-0.2, 0) is 6.42 Å². The van der Waals surface area contributed by atoms with Crippen molar-refractivity contribution >= 4 is 44.4 Å². The first-order valence-electron chi connectivity index (χ1n) is 11.9. The summed E-state index contributed by atoms with van der Waals surface area (Å²) in [4.78, 5) is 36.1. The van der Waals surface area contributed by atoms with Gasteiger partial charge in [-0.15, -0.1) is 0 Å². The van der Waals surface area contributed by atoms with Crippen LogP contribution in [0.3, 0.4) is 0 Å². The van der Waals surface area contributed by atoms with Crippen LogP contribution in [0.15, 0.2) is 84.9 Å². The number of anilines is 2. The molecule has 0 spiro atoms. The Morgan fingerprint density at radius 1 is 0.892 bits per heavy atom. The van der Waals surface area contributed by atoms with E-state index in [1.807, 2.05) is 78.9 Å². The number of hydrogen-bond acceptors (Lipinski definition) is 5. The Balaban J connectivity index is 1.33. The van der Waals surface area contributed by atoms with Crippen LogP contribution >= 0.6 is 11.3 Å². The van der Waals surface area contributed by atoms with E-state index < -0.39 is 5.97 Å². The van der Waals surface area contributed by atoms with Gasteiger partial charge in [0, 0.05) is 23.4 Å². The smallest absolute Gasteiger partial charge is 0.355 e. The number of aromatic nitrogens is 2. The number of amides is 2. The van der Waals surface area contributed by atoms with E-state index in [0.29, 0.717) is 22.9 Å². The summed E-state index contributed by atoms with van der Waals surface area (Å²) in [5.41, 5.74) is 5.35. The Morgan fingerprint density at radius 2 is 1.70 bits per heavy atom. The van der Waals surface area contributed by atoms with Crippen LogP contribution in [0.25, 0.3) is 32.6 Å². The van der Waals surface area contributed by atoms with E-state index in [9.17, 15) is 14.7 Å². The molecule has 0 aliphatic carbocycles. The van der Waals surface area contributed by atoms with E-state index in [1.165, 1.54) is 11.3 Å². The monoisotopic (exact) mass is 506 g/mol. The third kappa shape index (κ3) is 4.43. The highest BCUT2D eigenvalue weighted by Crippen LogP contribution is 2.34. The highest BCUT2D eigenvalue weighted by atomic mass is 32.1. The van der Waals surface area contributed by atoms with Gasteiger partial charge in [0.25, 0.3) is 0 Å². The number of benzene rings is 3. The van der Waals surface area contributed by atoms with Crippen LogP contribution in [0.2, 0.25) is 0 Å². The number of carboxylic acid groups (broad SMARTS) is 1. The summed E-state index contributed by atoms with van der Waals surface area (Å²) < 4.78 is 1.01. The van der Waals surface area contributed by atoms with Crippen molar-refractivity contribution in [2.24, 2.45) is 0 Å². The van der Waals surface area contributed by atoms with E-state index in [1.54, 1.807) is 11.0 Å². The molecule has 0 saturated carbocycles. The maximum Gasteiger partial charge on any atom is 0.355 e. The minimum Gasteiger partial charge on any atom is -0.476 e. The van der Waals surface area contributed by atoms with Gasteiger partial charge in [-0.05, 0) is 54.3 Å². The molecule has 3 heterocycles. The molecule has 7 nitrogen and oxygen atoms in total. The highest BCUT2D eigenvalue weighted by Gasteiger charge is 2.24. The number of carbonyl (C=O) groups is 2. The first kappa shape index (κ1) is 22.9. The molecule has 1 aliphatic heterocycles. The normalized spacial score (nSPS) is 12.8. The van der Waals surface area contributed by atoms with Crippen LogP contribution in [0.1, 0.15) is 22.5 Å². The number of aromatic carboxylic acids is 1. The lowest BCUT2D eigenvalue weighted by Gasteiger charge is -2.29. The lowest BCUT2D eigenvalue weighted by atomic mass is 9.97. The van der Waals surface area contributed by atoms with Gasteiger partial charge in [-0.25, -0.2) is 19.6 Å². The molecule has 5 aromatic rings. The van der Waals surface area contributed by atoms with Crippen molar-refractivity contribution < 1.29 is 14.7 Å². The molecule has 0 fully saturated rings. The topological polar surface area (TPSA) is 95.4 Å². The average molecular weight is 507 g/mol. The fourth-order valence-electron chi connectivity index (χ4n) is 4.66. The molecule has 0 bridgehead atoms. The Morgan fingerprint density at radius 3 is 2.51 bits per heavy atom. The number of nitrogens with one attached hydrogen (secondary N) is 1. The van der Waals surface area contributed by atoms with Gasteiger partial charge in [0.1, 0.15) is 0 Å². The zero-order valence-corrected chi connectivity index (χ0v) is 20.5. The summed E-state index contributed by atoms with van der Waals surface area (Å²) in [6.07, 6.45) is 1.72. The Hall–Kier alpha value is -4.56. The van der Waals surface area contributed by atoms with Crippen LogP contribution < -0.4 is 10.2 Å². The summed E-state index contributed by atoms with van der Waals surface area (Å²) in [6.45, 7) is 0.577. The van der Waals surface area contributed by atoms with E-state index in [2.05, 4.69) is 15.3 Å². The van der Waals surface area contributed by atoms with Crippen molar-refractivity contribution in [3.05, 3.63) is 96.2 Å². The van der Waals surface area contributed by atoms with Crippen LogP contribution in [-0.4, -0.2) is 33.6 Å². The van der Waals surface area contributed by atoms with E-state index >= 15 is 0 Å². The second-order valence-corrected chi connectivity index (χ2v) is 9.81. The van der Waals surface area contributed by atoms with Crippen molar-refractivity contribution in [2.75, 3.05) is 16.8 Å². The summed E-state index contributed by atoms with van der Waals surface area (Å²) >= 11 is 1.44. The molecule has 0 atom stereocenters. The molecule has 6 rings (SSSR count). The third-order valence-electron chi connectivity index (χ3n) is 6.44. The SMILES string of the molecule is O=C(O)c1nc(-c2ccc3c(c2)N(C(=O)Nc2nc4ccccc4s2)CCC3)ccc1-c1ccccc1. The van der Waals surface area contributed by atoms with Gasteiger partial charge in [0.15, 0.2) is 10.8 Å². The number of carboxylic acids is 1. The second-order valence-electron chi connectivity index (χ2n) is 8.78. The van der Waals surface area contributed by atoms with Gasteiger partial charge in [0.05, 0.1) is 15.9 Å². The van der Waals surface area contributed by atoms with Crippen molar-refractivity contribution in [1.82, 2.24) is 9.97 Å². The van der Waals surface area contributed by atoms with Crippen molar-refractivity contribution in [3.63, 3.8) is 0 Å². The molecule has 0 saturated heterocycles. The number of rotatable bonds is 4. The molecule has 3 aromatic carbocycles. The van der Waals surface area contributed by atoms with E-state index in [4.69, 9.17) is 0 Å². The summed E-state index contributed by atoms with van der Waals surface area (Å²) in [5.74, 6) is -1.09. The fourth-order valence-corrected chi connectivity index (χ4v) is 5.52. The molecular formula is C29H22N4O3S. The number of carbonyl (C=O) groups excluding carboxylic acids is 1. The number of urea groups is 1. The van der Waals surface area contributed by atoms with Crippen LogP contribution in [0.5, 0.6) is 0 Å². The maximum atomic E-state index is 13.3. The summed E-state index contributed by atoms with van der Waals surface area (Å²) in [6, 6.07) is 26.3. The Bertz CT molecular complexity index is 1620. The number of hydrogen-bond donors (Lipinski definition) is 2. The number of pyridine rings is 1. The second kappa shape index (κ2) is 9.48. The highest BCUT2D eigenvalue weighted by molar-refractivity contribution is 7.22. The van der Waals surface area contributed by atoms with Gasteiger partial charge in [0.2, 0.25) is 0 Å². The molecule has 37 heavy (non-hydrogen) atoms. The average Bonchev–Trinajstić information content (AvgIpc) is 3.35. The van der Waals surface area contributed by atoms with Gasteiger partial charge in [-0.1, -0.05) is 65.9 Å². The van der Waals surface area contributed by atoms with E-state index in [0.717, 1.165) is 45.4 Å². The Labute approximate surface area is 217 Å². The zero-order chi connectivity index (χ0) is 25.4. The van der Waals surface area contributed by atoms with Gasteiger partial charge in [-0.3, -0.25) is 10.2 Å². The zero-order valence-electron chi connectivity index (χ0n) is 19.7. The van der Waals surface area contributed by atoms with Gasteiger partial charge < -0.3 is 5.11 Å².